The van der Waals surface area contributed by atoms with Crippen molar-refractivity contribution in [1.82, 2.24) is 4.90 Å². The number of carbonyl (C=O) groups is 1. The molecule has 1 unspecified atom stereocenters. The zero-order chi connectivity index (χ0) is 8.43. The first-order valence-corrected chi connectivity index (χ1v) is 3.90. The third-order valence-corrected chi connectivity index (χ3v) is 2.02. The van der Waals surface area contributed by atoms with E-state index in [0.29, 0.717) is 12.5 Å². The zero-order valence-corrected chi connectivity index (χ0v) is 7.00. The molecule has 0 bridgehead atoms. The first kappa shape index (κ1) is 8.13. The molecule has 1 aliphatic heterocycles. The SMILES string of the molecule is C#CC1CC(=O)N(C(C)C)C1. The number of likely N-dealkylation sites (tertiary alicyclic amines) is 1. The van der Waals surface area contributed by atoms with Gasteiger partial charge < -0.3 is 4.90 Å². The summed E-state index contributed by atoms with van der Waals surface area (Å²) in [6.07, 6.45) is 5.77. The smallest absolute Gasteiger partial charge is 0.224 e. The quantitative estimate of drug-likeness (QED) is 0.509. The lowest BCUT2D eigenvalue weighted by molar-refractivity contribution is -0.129. The Morgan fingerprint density at radius 2 is 2.36 bits per heavy atom. The number of hydrogen-bond acceptors (Lipinski definition) is 1. The van der Waals surface area contributed by atoms with Crippen LogP contribution in [0, 0.1) is 18.3 Å². The van der Waals surface area contributed by atoms with Crippen molar-refractivity contribution in [2.45, 2.75) is 26.3 Å². The summed E-state index contributed by atoms with van der Waals surface area (Å²) in [6.45, 7) is 4.76. The van der Waals surface area contributed by atoms with Crippen molar-refractivity contribution in [3.05, 3.63) is 0 Å². The number of amides is 1. The van der Waals surface area contributed by atoms with E-state index in [2.05, 4.69) is 5.92 Å². The molecule has 0 saturated carbocycles. The van der Waals surface area contributed by atoms with Crippen molar-refractivity contribution in [1.29, 1.82) is 0 Å². The summed E-state index contributed by atoms with van der Waals surface area (Å²) in [4.78, 5) is 13.1. The van der Waals surface area contributed by atoms with E-state index in [0.717, 1.165) is 6.54 Å². The Morgan fingerprint density at radius 1 is 1.73 bits per heavy atom. The maximum Gasteiger partial charge on any atom is 0.224 e. The third kappa shape index (κ3) is 1.54. The molecule has 1 heterocycles. The Hall–Kier alpha value is -0.970. The van der Waals surface area contributed by atoms with E-state index >= 15 is 0 Å². The van der Waals surface area contributed by atoms with E-state index in [1.807, 2.05) is 18.7 Å². The summed E-state index contributed by atoms with van der Waals surface area (Å²) in [5, 5.41) is 0. The summed E-state index contributed by atoms with van der Waals surface area (Å²) in [5.74, 6) is 2.96. The fourth-order valence-electron chi connectivity index (χ4n) is 1.34. The average Bonchev–Trinajstić information content (AvgIpc) is 2.30. The van der Waals surface area contributed by atoms with Gasteiger partial charge >= 0.3 is 0 Å². The molecule has 0 aromatic rings. The van der Waals surface area contributed by atoms with Crippen molar-refractivity contribution in [2.75, 3.05) is 6.54 Å². The molecule has 0 radical (unpaired) electrons. The van der Waals surface area contributed by atoms with Crippen LogP contribution in [0.2, 0.25) is 0 Å². The number of nitrogens with zero attached hydrogens (tertiary/aromatic N) is 1. The molecular weight excluding hydrogens is 138 g/mol. The molecule has 0 aromatic carbocycles. The maximum atomic E-state index is 11.2. The topological polar surface area (TPSA) is 20.3 Å². The van der Waals surface area contributed by atoms with Crippen LogP contribution < -0.4 is 0 Å². The number of hydrogen-bond donors (Lipinski definition) is 0. The molecule has 2 nitrogen and oxygen atoms in total. The fraction of sp³-hybridized carbons (Fsp3) is 0.667. The van der Waals surface area contributed by atoms with Crippen molar-refractivity contribution in [3.63, 3.8) is 0 Å². The van der Waals surface area contributed by atoms with E-state index in [-0.39, 0.29) is 11.8 Å². The van der Waals surface area contributed by atoms with Gasteiger partial charge in [0, 0.05) is 24.9 Å². The Labute approximate surface area is 67.6 Å². The predicted molar refractivity (Wildman–Crippen MR) is 43.8 cm³/mol. The first-order valence-electron chi connectivity index (χ1n) is 3.90. The normalized spacial score (nSPS) is 24.4. The molecule has 0 aromatic heterocycles. The molecule has 0 spiro atoms. The van der Waals surface area contributed by atoms with Crippen LogP contribution in [0.3, 0.4) is 0 Å². The number of carbonyl (C=O) groups excluding carboxylic acids is 1. The molecule has 0 aliphatic carbocycles. The van der Waals surface area contributed by atoms with Crippen LogP contribution >= 0.6 is 0 Å². The average molecular weight is 151 g/mol. The van der Waals surface area contributed by atoms with Gasteiger partial charge in [-0.05, 0) is 13.8 Å². The number of rotatable bonds is 1. The molecule has 2 heteroatoms. The van der Waals surface area contributed by atoms with Crippen LogP contribution in [0.5, 0.6) is 0 Å². The van der Waals surface area contributed by atoms with E-state index < -0.39 is 0 Å². The second kappa shape index (κ2) is 2.96. The largest absolute Gasteiger partial charge is 0.339 e. The maximum absolute atomic E-state index is 11.2. The first-order chi connectivity index (χ1) is 5.15. The van der Waals surface area contributed by atoms with Gasteiger partial charge in [0.05, 0.1) is 0 Å². The highest BCUT2D eigenvalue weighted by Crippen LogP contribution is 2.18. The van der Waals surface area contributed by atoms with Gasteiger partial charge in [0.15, 0.2) is 0 Å². The Balaban J connectivity index is 2.60. The summed E-state index contributed by atoms with van der Waals surface area (Å²) < 4.78 is 0. The molecule has 1 atom stereocenters. The molecule has 1 fully saturated rings. The van der Waals surface area contributed by atoms with Crippen LogP contribution in [0.25, 0.3) is 0 Å². The minimum atomic E-state index is 0.143. The van der Waals surface area contributed by atoms with Crippen LogP contribution in [0.15, 0.2) is 0 Å². The van der Waals surface area contributed by atoms with Crippen LogP contribution in [-0.4, -0.2) is 23.4 Å². The van der Waals surface area contributed by atoms with Gasteiger partial charge in [-0.25, -0.2) is 0 Å². The summed E-state index contributed by atoms with van der Waals surface area (Å²) in [7, 11) is 0. The van der Waals surface area contributed by atoms with Gasteiger partial charge in [0.25, 0.3) is 0 Å². The molecular formula is C9H13NO. The van der Waals surface area contributed by atoms with E-state index in [1.165, 1.54) is 0 Å². The Morgan fingerprint density at radius 3 is 2.64 bits per heavy atom. The highest BCUT2D eigenvalue weighted by Gasteiger charge is 2.29. The fourth-order valence-corrected chi connectivity index (χ4v) is 1.34. The molecule has 1 aliphatic rings. The third-order valence-electron chi connectivity index (χ3n) is 2.02. The van der Waals surface area contributed by atoms with E-state index in [1.54, 1.807) is 0 Å². The minimum absolute atomic E-state index is 0.143. The lowest BCUT2D eigenvalue weighted by Crippen LogP contribution is -2.31. The molecule has 1 rings (SSSR count). The second-order valence-corrected chi connectivity index (χ2v) is 3.21. The van der Waals surface area contributed by atoms with E-state index in [4.69, 9.17) is 6.42 Å². The highest BCUT2D eigenvalue weighted by molar-refractivity contribution is 5.79. The highest BCUT2D eigenvalue weighted by atomic mass is 16.2. The van der Waals surface area contributed by atoms with Crippen LogP contribution in [-0.2, 0) is 4.79 Å². The van der Waals surface area contributed by atoms with Gasteiger partial charge in [-0.2, -0.15) is 0 Å². The zero-order valence-electron chi connectivity index (χ0n) is 7.00. The monoisotopic (exact) mass is 151 g/mol. The van der Waals surface area contributed by atoms with Gasteiger partial charge in [0.2, 0.25) is 5.91 Å². The van der Waals surface area contributed by atoms with Gasteiger partial charge in [-0.1, -0.05) is 0 Å². The molecule has 60 valence electrons. The lowest BCUT2D eigenvalue weighted by atomic mass is 10.1. The van der Waals surface area contributed by atoms with Crippen molar-refractivity contribution < 1.29 is 4.79 Å². The number of terminal acetylenes is 1. The predicted octanol–water partition coefficient (Wildman–Crippen LogP) is 0.877. The van der Waals surface area contributed by atoms with Crippen molar-refractivity contribution >= 4 is 5.91 Å². The lowest BCUT2D eigenvalue weighted by Gasteiger charge is -2.19. The second-order valence-electron chi connectivity index (χ2n) is 3.21. The van der Waals surface area contributed by atoms with Crippen LogP contribution in [0.4, 0.5) is 0 Å². The minimum Gasteiger partial charge on any atom is -0.339 e. The molecule has 1 saturated heterocycles. The molecule has 11 heavy (non-hydrogen) atoms. The Bertz CT molecular complexity index is 202. The van der Waals surface area contributed by atoms with E-state index in [9.17, 15) is 4.79 Å². The van der Waals surface area contributed by atoms with Crippen LogP contribution in [0.1, 0.15) is 20.3 Å². The summed E-state index contributed by atoms with van der Waals surface area (Å²) in [6, 6.07) is 0.292. The van der Waals surface area contributed by atoms with Crippen molar-refractivity contribution in [2.24, 2.45) is 5.92 Å². The Kier molecular flexibility index (Phi) is 2.19. The summed E-state index contributed by atoms with van der Waals surface area (Å²) >= 11 is 0. The van der Waals surface area contributed by atoms with Gasteiger partial charge in [-0.3, -0.25) is 4.79 Å². The molecule has 0 N–H and O–H groups in total. The van der Waals surface area contributed by atoms with Crippen molar-refractivity contribution in [3.8, 4) is 12.3 Å². The standard InChI is InChI=1S/C9H13NO/c1-4-8-5-9(11)10(6-8)7(2)3/h1,7-8H,5-6H2,2-3H3. The van der Waals surface area contributed by atoms with Gasteiger partial charge in [-0.15, -0.1) is 12.3 Å². The van der Waals surface area contributed by atoms with Gasteiger partial charge in [0.1, 0.15) is 0 Å². The molecule has 1 amide bonds. The summed E-state index contributed by atoms with van der Waals surface area (Å²) in [5.41, 5.74) is 0.